The third-order valence-corrected chi connectivity index (χ3v) is 3.87. The normalized spacial score (nSPS) is 32.9. The Labute approximate surface area is 92.8 Å². The first-order chi connectivity index (χ1) is 7.06. The van der Waals surface area contributed by atoms with Crippen LogP contribution in [0, 0.1) is 5.92 Å². The molecular formula is C12H24N2O. The number of carbonyl (C=O) groups is 1. The van der Waals surface area contributed by atoms with Crippen LogP contribution in [0.2, 0.25) is 0 Å². The van der Waals surface area contributed by atoms with E-state index >= 15 is 0 Å². The van der Waals surface area contributed by atoms with Crippen molar-refractivity contribution in [2.45, 2.75) is 64.5 Å². The molecule has 0 heterocycles. The molecule has 15 heavy (non-hydrogen) atoms. The molecule has 3 nitrogen and oxygen atoms in total. The molecule has 0 radical (unpaired) electrons. The van der Waals surface area contributed by atoms with E-state index in [4.69, 9.17) is 5.73 Å². The summed E-state index contributed by atoms with van der Waals surface area (Å²) in [6, 6.07) is 0.365. The second kappa shape index (κ2) is 4.97. The summed E-state index contributed by atoms with van der Waals surface area (Å²) in [6.07, 6.45) is 5.22. The molecule has 0 bridgehead atoms. The SMILES string of the molecule is CCC(C)NC1(C(N)=O)CCCC1CC. The molecule has 1 amide bonds. The number of hydrogen-bond acceptors (Lipinski definition) is 2. The molecule has 0 saturated heterocycles. The highest BCUT2D eigenvalue weighted by Crippen LogP contribution is 2.38. The molecule has 1 saturated carbocycles. The van der Waals surface area contributed by atoms with Crippen LogP contribution in [0.1, 0.15) is 52.9 Å². The van der Waals surface area contributed by atoms with Crippen LogP contribution in [0.4, 0.5) is 0 Å². The number of carbonyl (C=O) groups excluding carboxylic acids is 1. The fourth-order valence-corrected chi connectivity index (χ4v) is 2.76. The molecule has 3 atom stereocenters. The summed E-state index contributed by atoms with van der Waals surface area (Å²) in [5, 5.41) is 3.47. The van der Waals surface area contributed by atoms with Gasteiger partial charge in [-0.05, 0) is 32.1 Å². The highest BCUT2D eigenvalue weighted by atomic mass is 16.1. The predicted octanol–water partition coefficient (Wildman–Crippen LogP) is 1.81. The zero-order valence-corrected chi connectivity index (χ0v) is 10.2. The van der Waals surface area contributed by atoms with E-state index in [1.807, 2.05) is 0 Å². The van der Waals surface area contributed by atoms with Gasteiger partial charge in [0.1, 0.15) is 5.54 Å². The van der Waals surface area contributed by atoms with Gasteiger partial charge in [-0.25, -0.2) is 0 Å². The van der Waals surface area contributed by atoms with Crippen LogP contribution in [0.3, 0.4) is 0 Å². The number of rotatable bonds is 5. The molecule has 88 valence electrons. The molecule has 0 aromatic carbocycles. The first kappa shape index (κ1) is 12.5. The predicted molar refractivity (Wildman–Crippen MR) is 62.4 cm³/mol. The summed E-state index contributed by atoms with van der Waals surface area (Å²) < 4.78 is 0. The van der Waals surface area contributed by atoms with Crippen LogP contribution in [0.15, 0.2) is 0 Å². The van der Waals surface area contributed by atoms with Crippen LogP contribution in [0.5, 0.6) is 0 Å². The largest absolute Gasteiger partial charge is 0.368 e. The van der Waals surface area contributed by atoms with Crippen molar-refractivity contribution in [1.29, 1.82) is 0 Å². The summed E-state index contributed by atoms with van der Waals surface area (Å²) >= 11 is 0. The summed E-state index contributed by atoms with van der Waals surface area (Å²) in [4.78, 5) is 11.7. The van der Waals surface area contributed by atoms with E-state index in [9.17, 15) is 4.79 Å². The van der Waals surface area contributed by atoms with E-state index in [0.29, 0.717) is 12.0 Å². The third kappa shape index (κ3) is 2.33. The first-order valence-electron chi connectivity index (χ1n) is 6.14. The van der Waals surface area contributed by atoms with Crippen molar-refractivity contribution in [2.24, 2.45) is 11.7 Å². The van der Waals surface area contributed by atoms with Gasteiger partial charge >= 0.3 is 0 Å². The zero-order chi connectivity index (χ0) is 11.5. The van der Waals surface area contributed by atoms with E-state index in [0.717, 1.165) is 32.1 Å². The van der Waals surface area contributed by atoms with Gasteiger partial charge in [-0.3, -0.25) is 4.79 Å². The van der Waals surface area contributed by atoms with Crippen molar-refractivity contribution >= 4 is 5.91 Å². The number of nitrogens with one attached hydrogen (secondary N) is 1. The van der Waals surface area contributed by atoms with Crippen molar-refractivity contribution in [3.05, 3.63) is 0 Å². The van der Waals surface area contributed by atoms with Gasteiger partial charge in [0.05, 0.1) is 0 Å². The Bertz CT molecular complexity index is 230. The van der Waals surface area contributed by atoms with Gasteiger partial charge in [0.15, 0.2) is 0 Å². The molecule has 1 fully saturated rings. The van der Waals surface area contributed by atoms with E-state index < -0.39 is 5.54 Å². The fraction of sp³-hybridized carbons (Fsp3) is 0.917. The van der Waals surface area contributed by atoms with Gasteiger partial charge in [0, 0.05) is 6.04 Å². The Morgan fingerprint density at radius 2 is 2.27 bits per heavy atom. The molecule has 1 aliphatic rings. The minimum Gasteiger partial charge on any atom is -0.368 e. The van der Waals surface area contributed by atoms with Crippen LogP contribution >= 0.6 is 0 Å². The van der Waals surface area contributed by atoms with Crippen molar-refractivity contribution in [3.63, 3.8) is 0 Å². The Morgan fingerprint density at radius 3 is 2.73 bits per heavy atom. The molecule has 0 aliphatic heterocycles. The summed E-state index contributed by atoms with van der Waals surface area (Å²) in [5.41, 5.74) is 5.17. The quantitative estimate of drug-likeness (QED) is 0.730. The van der Waals surface area contributed by atoms with Crippen molar-refractivity contribution in [2.75, 3.05) is 0 Å². The smallest absolute Gasteiger partial charge is 0.238 e. The summed E-state index contributed by atoms with van der Waals surface area (Å²) in [7, 11) is 0. The lowest BCUT2D eigenvalue weighted by molar-refractivity contribution is -0.126. The number of hydrogen-bond donors (Lipinski definition) is 2. The average molecular weight is 212 g/mol. The van der Waals surface area contributed by atoms with Crippen molar-refractivity contribution in [3.8, 4) is 0 Å². The lowest BCUT2D eigenvalue weighted by Gasteiger charge is -2.35. The van der Waals surface area contributed by atoms with Gasteiger partial charge in [-0.2, -0.15) is 0 Å². The number of primary amides is 1. The van der Waals surface area contributed by atoms with Crippen LogP contribution in [0.25, 0.3) is 0 Å². The Balaban J connectivity index is 2.82. The Hall–Kier alpha value is -0.570. The molecule has 0 aromatic heterocycles. The Morgan fingerprint density at radius 1 is 1.60 bits per heavy atom. The van der Waals surface area contributed by atoms with E-state index in [1.54, 1.807) is 0 Å². The summed E-state index contributed by atoms with van der Waals surface area (Å²) in [5.74, 6) is 0.260. The monoisotopic (exact) mass is 212 g/mol. The second-order valence-corrected chi connectivity index (χ2v) is 4.79. The number of nitrogens with two attached hydrogens (primary N) is 1. The van der Waals surface area contributed by atoms with Gasteiger partial charge < -0.3 is 11.1 Å². The minimum absolute atomic E-state index is 0.160. The van der Waals surface area contributed by atoms with Gasteiger partial charge in [0.2, 0.25) is 5.91 Å². The van der Waals surface area contributed by atoms with Gasteiger partial charge in [-0.15, -0.1) is 0 Å². The molecule has 3 N–H and O–H groups in total. The lowest BCUT2D eigenvalue weighted by Crippen LogP contribution is -2.60. The van der Waals surface area contributed by atoms with E-state index in [1.165, 1.54) is 0 Å². The topological polar surface area (TPSA) is 55.1 Å². The number of amides is 1. The van der Waals surface area contributed by atoms with E-state index in [2.05, 4.69) is 26.1 Å². The molecular weight excluding hydrogens is 188 g/mol. The van der Waals surface area contributed by atoms with E-state index in [-0.39, 0.29) is 5.91 Å². The maximum absolute atomic E-state index is 11.7. The molecule has 3 heteroatoms. The molecule has 0 spiro atoms. The lowest BCUT2D eigenvalue weighted by atomic mass is 9.83. The highest BCUT2D eigenvalue weighted by Gasteiger charge is 2.46. The van der Waals surface area contributed by atoms with Crippen LogP contribution in [-0.2, 0) is 4.79 Å². The molecule has 0 aromatic rings. The van der Waals surface area contributed by atoms with Gasteiger partial charge in [-0.1, -0.05) is 26.7 Å². The maximum Gasteiger partial charge on any atom is 0.238 e. The molecule has 3 unspecified atom stereocenters. The standard InChI is InChI=1S/C12H24N2O/c1-4-9(3)14-12(11(13)15)8-6-7-10(12)5-2/h9-10,14H,4-8H2,1-3H3,(H2,13,15). The first-order valence-corrected chi connectivity index (χ1v) is 6.14. The molecule has 1 aliphatic carbocycles. The third-order valence-electron chi connectivity index (χ3n) is 3.87. The minimum atomic E-state index is -0.426. The zero-order valence-electron chi connectivity index (χ0n) is 10.2. The Kier molecular flexibility index (Phi) is 4.14. The van der Waals surface area contributed by atoms with Crippen LogP contribution in [-0.4, -0.2) is 17.5 Å². The molecule has 1 rings (SSSR count). The second-order valence-electron chi connectivity index (χ2n) is 4.79. The highest BCUT2D eigenvalue weighted by molar-refractivity contribution is 5.85. The van der Waals surface area contributed by atoms with Crippen LogP contribution < -0.4 is 11.1 Å². The fourth-order valence-electron chi connectivity index (χ4n) is 2.76. The van der Waals surface area contributed by atoms with Crippen molar-refractivity contribution in [1.82, 2.24) is 5.32 Å². The van der Waals surface area contributed by atoms with Gasteiger partial charge in [0.25, 0.3) is 0 Å². The average Bonchev–Trinajstić information content (AvgIpc) is 2.61. The summed E-state index contributed by atoms with van der Waals surface area (Å²) in [6.45, 7) is 6.39. The van der Waals surface area contributed by atoms with Crippen molar-refractivity contribution < 1.29 is 4.79 Å². The maximum atomic E-state index is 11.7.